The van der Waals surface area contributed by atoms with Gasteiger partial charge in [0.15, 0.2) is 34.6 Å². The Morgan fingerprint density at radius 1 is 0.774 bits per heavy atom. The number of allylic oxidation sites excluding steroid dienone is 1. The number of carbonyl (C=O) groups is 6. The fraction of sp³-hybridized carbons (Fsp3) is 0.461. The molecule has 616 valence electrons. The summed E-state index contributed by atoms with van der Waals surface area (Å²) >= 11 is 1.87. The second kappa shape index (κ2) is 38.5. The first kappa shape index (κ1) is 88.7. The maximum absolute atomic E-state index is 12.7. The number of rotatable bonds is 19. The van der Waals surface area contributed by atoms with Crippen molar-refractivity contribution < 1.29 is 59.0 Å². The number of imidazole rings is 1. The number of carboxylic acids is 2. The van der Waals surface area contributed by atoms with E-state index in [1.807, 2.05) is 68.1 Å². The zero-order valence-electron chi connectivity index (χ0n) is 69.0. The monoisotopic (exact) mass is 1590 g/mol. The van der Waals surface area contributed by atoms with E-state index in [2.05, 4.69) is 164 Å². The molecule has 26 heteroatoms. The molecule has 4 aliphatic heterocycles. The van der Waals surface area contributed by atoms with Gasteiger partial charge in [-0.2, -0.15) is 0 Å². The average Bonchev–Trinajstić information content (AvgIpc) is 1.55. The summed E-state index contributed by atoms with van der Waals surface area (Å²) in [7, 11) is 13.3. The number of piperidine rings is 1. The van der Waals surface area contributed by atoms with Gasteiger partial charge in [0, 0.05) is 87.0 Å². The molecule has 7 heterocycles. The number of amides is 4. The number of barbiturate groups is 1. The SMILES string of the molecule is C=CCC1(CC(C)C)C(=O)NC(=O)NC1=O.CC(C)Cc1ccc(C(C)C(=O)O)cc1.CC(CN1c2ccccc2Sc2ccccc21)N(C)C.CC[C@@H](c1cccc(O)c1)[C@@H](C)CN(C)C.Cn1c(=O)c2c(ncn2C)n(C)c1=O.O=C(O)c1cccnc1.O=C1CC[C@@]2(O)[C@H]3Cc4ccc(O)c5c4[C@@]2(CCN3CC2CC2)[C@H]1O5. The van der Waals surface area contributed by atoms with Crippen LogP contribution < -0.4 is 31.5 Å². The number of aliphatic carboxylic acids is 1. The standard InChI is InChI=1S/C20H23NO4.C17H20N2S.C14H23NO.C13H18O2.C11H16N2O3.C8H10N4O2.C6H5NO2/c22-13-4-3-12-9-15-20(24)6-5-14(23)18-19(20,16(12)17(13)25-18)7-8-21(15)10-11-1-2-11;1-13(18(2)3)12-19-14-8-4-6-10-16(14)20-17-11-7-5-9-15(17)19;1-5-14(11(2)10-15(3)4)12-7-6-8-13(16)9-12;1-9(2)8-11-4-6-12(7-5-11)10(3)13(14)15;1-4-5-11(6-7(2)3)8(14)12-10(16)13-9(11)15;1-10-4-9-6-5(10)7(13)12(3)8(14)11(6)2;8-6(9)5-2-1-3-7-4-5/h3-4,11,15,18,22,24H,1-2,5-10H2;4-11,13H,12H2,1-3H3;6-9,11,14,16H,5,10H2,1-4H3;4-7,9-10H,8H2,1-3H3,(H,14,15);4,7H,1,5-6H2,2-3H3,(H2,12,13,14,15,16);4H,1-3H3;1-4H,(H,8,9)/t15-,18+,19+,20-;;11-,14+;;;;/m1.0..../s1. The Morgan fingerprint density at radius 2 is 1.42 bits per heavy atom. The first-order chi connectivity index (χ1) is 54.5. The molecule has 8 atom stereocenters. The number of likely N-dealkylation sites (N-methyl/N-ethyl adjacent to an activating group) is 1. The molecule has 115 heavy (non-hydrogen) atoms. The molecule has 7 aliphatic rings. The fourth-order valence-corrected chi connectivity index (χ4v) is 17.7. The van der Waals surface area contributed by atoms with Crippen molar-refractivity contribution in [2.45, 2.75) is 170 Å². The number of carbonyl (C=O) groups excluding carboxylic acids is 4. The lowest BCUT2D eigenvalue weighted by Gasteiger charge is -2.62. The highest BCUT2D eigenvalue weighted by Gasteiger charge is 2.73. The van der Waals surface area contributed by atoms with Gasteiger partial charge in [-0.05, 0) is 213 Å². The van der Waals surface area contributed by atoms with Gasteiger partial charge >= 0.3 is 23.7 Å². The predicted octanol–water partition coefficient (Wildman–Crippen LogP) is 12.6. The number of ether oxygens (including phenoxy) is 1. The molecular weight excluding hydrogens is 1480 g/mol. The highest BCUT2D eigenvalue weighted by Crippen LogP contribution is 2.65. The number of benzene rings is 5. The van der Waals surface area contributed by atoms with Crippen molar-refractivity contribution >= 4 is 69.9 Å². The number of urea groups is 1. The summed E-state index contributed by atoms with van der Waals surface area (Å²) in [6, 6.07) is 39.4. The number of likely N-dealkylation sites (tertiary alicyclic amines) is 1. The molecule has 25 nitrogen and oxygen atoms in total. The second-order valence-corrected chi connectivity index (χ2v) is 33.7. The Balaban J connectivity index is 0.000000156. The Hall–Kier alpha value is -10.3. The topological polar surface area (TPSA) is 325 Å². The minimum absolute atomic E-state index is 0.0454. The highest BCUT2D eigenvalue weighted by molar-refractivity contribution is 7.99. The number of imide groups is 2. The van der Waals surface area contributed by atoms with E-state index >= 15 is 0 Å². The predicted molar refractivity (Wildman–Crippen MR) is 448 cm³/mol. The number of para-hydroxylation sites is 2. The number of hydrogen-bond acceptors (Lipinski definition) is 19. The van der Waals surface area contributed by atoms with Gasteiger partial charge < -0.3 is 49.5 Å². The largest absolute Gasteiger partial charge is 0.508 e. The number of aromatic carboxylic acids is 1. The summed E-state index contributed by atoms with van der Waals surface area (Å²) in [5, 5.41) is 53.3. The summed E-state index contributed by atoms with van der Waals surface area (Å²) in [4.78, 5) is 111. The van der Waals surface area contributed by atoms with Crippen LogP contribution in [-0.4, -0.2) is 178 Å². The number of hydrogen-bond donors (Lipinski definition) is 7. The molecule has 0 radical (unpaired) electrons. The number of carboxylic acid groups (broad SMARTS) is 2. The van der Waals surface area contributed by atoms with E-state index in [1.165, 1.54) is 87.6 Å². The summed E-state index contributed by atoms with van der Waals surface area (Å²) in [5.74, 6) is 0.485. The van der Waals surface area contributed by atoms with Crippen LogP contribution in [0.25, 0.3) is 11.2 Å². The zero-order valence-corrected chi connectivity index (χ0v) is 69.8. The van der Waals surface area contributed by atoms with Gasteiger partial charge in [0.25, 0.3) is 5.56 Å². The summed E-state index contributed by atoms with van der Waals surface area (Å²) in [6.07, 6.45) is 13.0. The number of phenols is 2. The van der Waals surface area contributed by atoms with Gasteiger partial charge in [0.2, 0.25) is 11.8 Å². The van der Waals surface area contributed by atoms with E-state index in [0.717, 1.165) is 79.0 Å². The van der Waals surface area contributed by atoms with E-state index in [-0.39, 0.29) is 46.7 Å². The van der Waals surface area contributed by atoms with Crippen molar-refractivity contribution in [2.24, 2.45) is 50.2 Å². The van der Waals surface area contributed by atoms with Crippen LogP contribution in [0.4, 0.5) is 16.2 Å². The number of aliphatic hydroxyl groups is 1. The zero-order chi connectivity index (χ0) is 84.1. The third-order valence-electron chi connectivity index (χ3n) is 22.8. The number of aromatic nitrogens is 5. The smallest absolute Gasteiger partial charge is 0.337 e. The lowest BCUT2D eigenvalue weighted by molar-refractivity contribution is -0.188. The number of nitrogens with one attached hydrogen (secondary N) is 2. The van der Waals surface area contributed by atoms with Gasteiger partial charge in [-0.1, -0.05) is 126 Å². The minimum Gasteiger partial charge on any atom is -0.508 e. The molecule has 7 N–H and O–H groups in total. The van der Waals surface area contributed by atoms with Gasteiger partial charge in [-0.3, -0.25) is 53.6 Å². The lowest BCUT2D eigenvalue weighted by atomic mass is 9.49. The van der Waals surface area contributed by atoms with Crippen molar-refractivity contribution in [3.63, 3.8) is 0 Å². The average molecular weight is 1600 g/mol. The second-order valence-electron chi connectivity index (χ2n) is 32.6. The van der Waals surface area contributed by atoms with Crippen molar-refractivity contribution in [1.82, 2.24) is 49.0 Å². The van der Waals surface area contributed by atoms with E-state index < -0.39 is 58.2 Å². The van der Waals surface area contributed by atoms with Gasteiger partial charge in [-0.25, -0.2) is 19.4 Å². The Labute approximate surface area is 678 Å². The van der Waals surface area contributed by atoms with Crippen LogP contribution in [0.5, 0.6) is 17.2 Å². The van der Waals surface area contributed by atoms with Crippen molar-refractivity contribution in [1.29, 1.82) is 0 Å². The summed E-state index contributed by atoms with van der Waals surface area (Å²) in [6.45, 7) is 24.2. The molecule has 8 aromatic rings. The van der Waals surface area contributed by atoms with E-state index in [4.69, 9.17) is 14.9 Å². The number of phenolic OH excluding ortho intramolecular Hbond substituents is 2. The Morgan fingerprint density at radius 3 is 1.96 bits per heavy atom. The molecule has 3 aromatic heterocycles. The highest BCUT2D eigenvalue weighted by atomic mass is 32.2. The van der Waals surface area contributed by atoms with E-state index in [1.54, 1.807) is 43.8 Å². The van der Waals surface area contributed by atoms with Crippen LogP contribution in [0, 0.1) is 29.1 Å². The van der Waals surface area contributed by atoms with Gasteiger partial charge in [-0.15, -0.1) is 6.58 Å². The minimum atomic E-state index is -1.19. The van der Waals surface area contributed by atoms with Crippen LogP contribution in [0.15, 0.2) is 172 Å². The fourth-order valence-electron chi connectivity index (χ4n) is 16.6. The van der Waals surface area contributed by atoms with Crippen molar-refractivity contribution in [3.05, 3.63) is 207 Å². The third-order valence-corrected chi connectivity index (χ3v) is 23.9. The number of pyridine rings is 1. The van der Waals surface area contributed by atoms with Gasteiger partial charge in [0.1, 0.15) is 11.2 Å². The first-order valence-electron chi connectivity index (χ1n) is 39.6. The number of Topliss-reactive ketones (excluding diaryl/α,β-unsaturated/α-hetero) is 1. The normalized spacial score (nSPS) is 20.1. The summed E-state index contributed by atoms with van der Waals surface area (Å²) in [5.41, 5.74) is 5.70. The number of ketones is 1. The maximum atomic E-state index is 12.7. The molecule has 3 aliphatic carbocycles. The number of fused-ring (bicyclic) bond motifs is 3. The number of aromatic hydroxyl groups is 2. The molecule has 4 amide bonds. The van der Waals surface area contributed by atoms with Crippen molar-refractivity contribution in [2.75, 3.05) is 59.3 Å². The van der Waals surface area contributed by atoms with Crippen LogP contribution in [0.3, 0.4) is 0 Å². The Bertz CT molecular complexity index is 4840. The maximum Gasteiger partial charge on any atom is 0.337 e. The molecule has 15 rings (SSSR count). The lowest BCUT2D eigenvalue weighted by Crippen LogP contribution is -2.76. The van der Waals surface area contributed by atoms with E-state index in [9.17, 15) is 53.7 Å². The van der Waals surface area contributed by atoms with Crippen LogP contribution in [-0.2, 0) is 58.6 Å². The first-order valence-corrected chi connectivity index (χ1v) is 40.4. The van der Waals surface area contributed by atoms with E-state index in [0.29, 0.717) is 65.7 Å². The van der Waals surface area contributed by atoms with Crippen molar-refractivity contribution in [3.8, 4) is 17.2 Å². The van der Waals surface area contributed by atoms with Crippen LogP contribution in [0.1, 0.15) is 157 Å². The molecule has 2 bridgehead atoms. The molecule has 2 unspecified atom stereocenters. The van der Waals surface area contributed by atoms with Crippen LogP contribution >= 0.6 is 11.8 Å². The summed E-state index contributed by atoms with van der Waals surface area (Å²) < 4.78 is 10.1. The van der Waals surface area contributed by atoms with Gasteiger partial charge in [0.05, 0.1) is 40.2 Å². The molecule has 1 spiro atoms. The van der Waals surface area contributed by atoms with Crippen LogP contribution in [0.2, 0.25) is 0 Å². The molecule has 2 saturated heterocycles. The number of nitrogens with zero attached hydrogens (tertiary/aromatic N) is 9. The number of aryl methyl sites for hydroxylation is 2. The molecule has 5 aromatic carbocycles. The quantitative estimate of drug-likeness (QED) is 0.0292. The Kier molecular flexibility index (Phi) is 29.7. The third kappa shape index (κ3) is 20.2. The molecular formula is C89H115N11O14S. The number of anilines is 2. The molecule has 4 fully saturated rings. The molecule has 2 saturated carbocycles.